The molecule has 2 aromatic rings. The van der Waals surface area contributed by atoms with Crippen LogP contribution in [0, 0.1) is 18.6 Å². The van der Waals surface area contributed by atoms with E-state index in [1.807, 2.05) is 50.2 Å². The van der Waals surface area contributed by atoms with Crippen LogP contribution in [0.25, 0.3) is 0 Å². The second-order valence-corrected chi connectivity index (χ2v) is 10.0. The number of nitrogens with zero attached hydrogens (tertiary/aromatic N) is 4. The number of rotatable bonds is 6. The van der Waals surface area contributed by atoms with E-state index in [-0.39, 0.29) is 12.3 Å². The van der Waals surface area contributed by atoms with E-state index in [9.17, 15) is 13.9 Å². The number of aryl methyl sites for hydroxylation is 1. The van der Waals surface area contributed by atoms with Gasteiger partial charge in [0.1, 0.15) is 29.7 Å². The van der Waals surface area contributed by atoms with Crippen LogP contribution in [0.15, 0.2) is 70.5 Å². The van der Waals surface area contributed by atoms with Gasteiger partial charge in [-0.05, 0) is 51.3 Å². The van der Waals surface area contributed by atoms with Crippen molar-refractivity contribution in [1.82, 2.24) is 9.97 Å². The van der Waals surface area contributed by atoms with E-state index < -0.39 is 17.2 Å². The molecule has 0 aromatic carbocycles. The summed E-state index contributed by atoms with van der Waals surface area (Å²) in [5.74, 6) is -0.350. The Kier molecular flexibility index (Phi) is 7.20. The van der Waals surface area contributed by atoms with Crippen molar-refractivity contribution in [2.45, 2.75) is 46.8 Å². The largest absolute Gasteiger partial charge is 0.486 e. The third-order valence-corrected chi connectivity index (χ3v) is 6.42. The van der Waals surface area contributed by atoms with Gasteiger partial charge >= 0.3 is 0 Å². The maximum atomic E-state index is 13.9. The number of pyridine rings is 2. The molecule has 6 nitrogen and oxygen atoms in total. The van der Waals surface area contributed by atoms with Crippen molar-refractivity contribution >= 4 is 23.1 Å². The first kappa shape index (κ1) is 25.9. The first-order valence-electron chi connectivity index (χ1n) is 11.5. The lowest BCUT2D eigenvalue weighted by Crippen LogP contribution is -2.34. The van der Waals surface area contributed by atoms with Crippen LogP contribution in [0.3, 0.4) is 0 Å². The highest BCUT2D eigenvalue weighted by Crippen LogP contribution is 2.34. The molecule has 0 unspecified atom stereocenters. The molecular weight excluding hydrogens is 486 g/mol. The second kappa shape index (κ2) is 10.0. The quantitative estimate of drug-likeness (QED) is 0.520. The molecule has 0 saturated carbocycles. The SMILES string of the molecule is CC1=CN(c2cc(N3CC(Cl)=C(OCc4ncc(F)cc4F)C=C3C)c(C)cn2)CC(C(C)(C)O)=C1. The summed E-state index contributed by atoms with van der Waals surface area (Å²) in [6.45, 7) is 10.2. The minimum absolute atomic E-state index is 0.000764. The van der Waals surface area contributed by atoms with Crippen LogP contribution in [-0.4, -0.2) is 33.8 Å². The average Bonchev–Trinajstić information content (AvgIpc) is 2.80. The Labute approximate surface area is 214 Å². The second-order valence-electron chi connectivity index (χ2n) is 9.57. The Balaban J connectivity index is 1.55. The van der Waals surface area contributed by atoms with E-state index in [0.29, 0.717) is 23.9 Å². The van der Waals surface area contributed by atoms with Crippen LogP contribution in [0.1, 0.15) is 39.0 Å². The smallest absolute Gasteiger partial charge is 0.151 e. The first-order valence-corrected chi connectivity index (χ1v) is 11.9. The molecular formula is C27H29ClF2N4O2. The van der Waals surface area contributed by atoms with Crippen LogP contribution < -0.4 is 9.80 Å². The Morgan fingerprint density at radius 2 is 1.83 bits per heavy atom. The van der Waals surface area contributed by atoms with Gasteiger partial charge < -0.3 is 19.6 Å². The van der Waals surface area contributed by atoms with Gasteiger partial charge in [-0.2, -0.15) is 0 Å². The van der Waals surface area contributed by atoms with E-state index in [4.69, 9.17) is 16.3 Å². The molecule has 0 aliphatic carbocycles. The van der Waals surface area contributed by atoms with Gasteiger partial charge in [0.15, 0.2) is 5.82 Å². The number of aliphatic hydroxyl groups is 1. The number of halogens is 3. The van der Waals surface area contributed by atoms with Crippen LogP contribution in [0.2, 0.25) is 0 Å². The molecule has 2 aliphatic rings. The molecule has 0 spiro atoms. The Morgan fingerprint density at radius 1 is 1.08 bits per heavy atom. The lowest BCUT2D eigenvalue weighted by Gasteiger charge is -2.34. The summed E-state index contributed by atoms with van der Waals surface area (Å²) in [5.41, 5.74) is 3.77. The molecule has 0 radical (unpaired) electrons. The third kappa shape index (κ3) is 5.60. The first-order chi connectivity index (χ1) is 16.9. The van der Waals surface area contributed by atoms with E-state index in [1.165, 1.54) is 0 Å². The van der Waals surface area contributed by atoms with Crippen molar-refractivity contribution in [3.8, 4) is 0 Å². The Hall–Kier alpha value is -3.23. The van der Waals surface area contributed by atoms with Gasteiger partial charge in [-0.3, -0.25) is 4.98 Å². The molecule has 1 N–H and O–H groups in total. The van der Waals surface area contributed by atoms with Gasteiger partial charge in [-0.15, -0.1) is 0 Å². The maximum absolute atomic E-state index is 13.9. The molecule has 2 aromatic heterocycles. The highest BCUT2D eigenvalue weighted by Gasteiger charge is 2.26. The van der Waals surface area contributed by atoms with Crippen molar-refractivity contribution < 1.29 is 18.6 Å². The average molecular weight is 515 g/mol. The molecule has 0 atom stereocenters. The summed E-state index contributed by atoms with van der Waals surface area (Å²) >= 11 is 6.58. The maximum Gasteiger partial charge on any atom is 0.151 e. The van der Waals surface area contributed by atoms with Gasteiger partial charge in [-0.25, -0.2) is 13.8 Å². The minimum atomic E-state index is -0.936. The molecule has 0 bridgehead atoms. The molecule has 0 fully saturated rings. The topological polar surface area (TPSA) is 61.7 Å². The predicted octanol–water partition coefficient (Wildman–Crippen LogP) is 5.88. The number of aromatic nitrogens is 2. The molecule has 0 amide bonds. The molecule has 4 rings (SSSR count). The van der Waals surface area contributed by atoms with Crippen molar-refractivity contribution in [2.24, 2.45) is 0 Å². The number of anilines is 2. The highest BCUT2D eigenvalue weighted by molar-refractivity contribution is 6.30. The van der Waals surface area contributed by atoms with Crippen molar-refractivity contribution in [3.63, 3.8) is 0 Å². The monoisotopic (exact) mass is 514 g/mol. The van der Waals surface area contributed by atoms with Gasteiger partial charge in [0.25, 0.3) is 0 Å². The van der Waals surface area contributed by atoms with E-state index in [1.54, 1.807) is 19.9 Å². The van der Waals surface area contributed by atoms with E-state index >= 15 is 0 Å². The molecule has 36 heavy (non-hydrogen) atoms. The third-order valence-electron chi connectivity index (χ3n) is 6.11. The standard InChI is InChI=1S/C27H29ClF2N4O2/c1-16-6-19(27(4,5)35)13-33(12-16)26-9-24(17(2)10-32-26)34-14-21(28)25(7-18(34)3)36-15-23-22(30)8-20(29)11-31-23/h6-12,35H,13-15H2,1-5H3. The summed E-state index contributed by atoms with van der Waals surface area (Å²) < 4.78 is 32.8. The normalized spacial score (nSPS) is 16.6. The lowest BCUT2D eigenvalue weighted by atomic mass is 9.94. The summed E-state index contributed by atoms with van der Waals surface area (Å²) in [5, 5.41) is 11.0. The van der Waals surface area contributed by atoms with Gasteiger partial charge in [-0.1, -0.05) is 17.7 Å². The summed E-state index contributed by atoms with van der Waals surface area (Å²) in [6, 6.07) is 2.77. The molecule has 190 valence electrons. The van der Waals surface area contributed by atoms with Crippen LogP contribution >= 0.6 is 11.6 Å². The zero-order valence-electron chi connectivity index (χ0n) is 20.9. The van der Waals surface area contributed by atoms with Crippen LogP contribution in [0.4, 0.5) is 20.3 Å². The van der Waals surface area contributed by atoms with Crippen molar-refractivity contribution in [3.05, 3.63) is 93.4 Å². The van der Waals surface area contributed by atoms with E-state index in [2.05, 4.69) is 14.9 Å². The number of ether oxygens (including phenoxy) is 1. The zero-order chi connectivity index (χ0) is 26.2. The summed E-state index contributed by atoms with van der Waals surface area (Å²) in [6.07, 6.45) is 8.56. The van der Waals surface area contributed by atoms with Gasteiger partial charge in [0.05, 0.1) is 23.4 Å². The fourth-order valence-corrected chi connectivity index (χ4v) is 4.31. The summed E-state index contributed by atoms with van der Waals surface area (Å²) in [4.78, 5) is 12.5. The number of allylic oxidation sites excluding steroid dienone is 4. The fraction of sp³-hybridized carbons (Fsp3) is 0.333. The molecule has 2 aliphatic heterocycles. The van der Waals surface area contributed by atoms with Gasteiger partial charge in [0.2, 0.25) is 0 Å². The number of hydrogen-bond donors (Lipinski definition) is 1. The van der Waals surface area contributed by atoms with E-state index in [0.717, 1.165) is 46.2 Å². The van der Waals surface area contributed by atoms with Crippen LogP contribution in [-0.2, 0) is 11.3 Å². The van der Waals surface area contributed by atoms with Crippen molar-refractivity contribution in [2.75, 3.05) is 22.9 Å². The Bertz CT molecular complexity index is 1310. The fourth-order valence-electron chi connectivity index (χ4n) is 4.08. The lowest BCUT2D eigenvalue weighted by molar-refractivity contribution is 0.118. The summed E-state index contributed by atoms with van der Waals surface area (Å²) in [7, 11) is 0. The van der Waals surface area contributed by atoms with Gasteiger partial charge in [0, 0.05) is 48.5 Å². The Morgan fingerprint density at radius 3 is 2.53 bits per heavy atom. The molecule has 9 heteroatoms. The van der Waals surface area contributed by atoms with Crippen molar-refractivity contribution in [1.29, 1.82) is 0 Å². The zero-order valence-corrected chi connectivity index (χ0v) is 21.7. The minimum Gasteiger partial charge on any atom is -0.486 e. The predicted molar refractivity (Wildman–Crippen MR) is 137 cm³/mol. The molecule has 4 heterocycles. The highest BCUT2D eigenvalue weighted by atomic mass is 35.5. The number of hydrogen-bond acceptors (Lipinski definition) is 6. The molecule has 0 saturated heterocycles. The van der Waals surface area contributed by atoms with Crippen LogP contribution in [0.5, 0.6) is 0 Å².